The molecule has 3 unspecified atom stereocenters. The number of rotatable bonds is 7. The standard InChI is InChI=1S/C28H31BrO3/c1-5-14-32-26-17-25(31)22(24(30)11-8-18-6-9-20(29)10-7-18)16-21(26)23-15-19-12-13-28(23,4)27(19,2)3/h5-11,16-17,19,23,31H,1,12-15H2,2-4H3/b11-8+. The molecule has 4 rings (SSSR count). The molecule has 1 N–H and O–H groups in total. The van der Waals surface area contributed by atoms with Crippen molar-refractivity contribution < 1.29 is 14.6 Å². The molecule has 2 aromatic carbocycles. The number of carbonyl (C=O) groups excluding carboxylic acids is 1. The van der Waals surface area contributed by atoms with Gasteiger partial charge in [0.05, 0.1) is 5.56 Å². The Kier molecular flexibility index (Phi) is 6.10. The van der Waals surface area contributed by atoms with Crippen molar-refractivity contribution in [3.8, 4) is 11.5 Å². The number of benzene rings is 2. The van der Waals surface area contributed by atoms with Crippen molar-refractivity contribution in [2.75, 3.05) is 6.61 Å². The molecule has 0 amide bonds. The summed E-state index contributed by atoms with van der Waals surface area (Å²) < 4.78 is 6.95. The van der Waals surface area contributed by atoms with E-state index in [1.54, 1.807) is 18.2 Å². The number of hydrogen-bond donors (Lipinski definition) is 1. The second kappa shape index (κ2) is 8.55. The van der Waals surface area contributed by atoms with Gasteiger partial charge in [0.25, 0.3) is 0 Å². The molecule has 2 fully saturated rings. The number of halogens is 1. The van der Waals surface area contributed by atoms with Crippen LogP contribution in [0.25, 0.3) is 6.08 Å². The average Bonchev–Trinajstić information content (AvgIpc) is 3.10. The van der Waals surface area contributed by atoms with E-state index in [-0.39, 0.29) is 22.4 Å². The topological polar surface area (TPSA) is 46.5 Å². The third-order valence-corrected chi connectivity index (χ3v) is 8.75. The van der Waals surface area contributed by atoms with Crippen LogP contribution in [-0.2, 0) is 0 Å². The molecule has 0 aliphatic heterocycles. The highest BCUT2D eigenvalue weighted by molar-refractivity contribution is 9.10. The number of phenolic OH excluding ortho intramolecular Hbond substituents is 1. The summed E-state index contributed by atoms with van der Waals surface area (Å²) in [5.41, 5.74) is 2.65. The van der Waals surface area contributed by atoms with Crippen LogP contribution in [0, 0.1) is 16.7 Å². The number of aromatic hydroxyl groups is 1. The molecule has 4 heteroatoms. The van der Waals surface area contributed by atoms with Crippen LogP contribution in [0.2, 0.25) is 0 Å². The van der Waals surface area contributed by atoms with Crippen LogP contribution in [-0.4, -0.2) is 17.5 Å². The molecule has 2 aliphatic carbocycles. The van der Waals surface area contributed by atoms with E-state index < -0.39 is 0 Å². The minimum absolute atomic E-state index is 0.0501. The third-order valence-electron chi connectivity index (χ3n) is 8.22. The number of carbonyl (C=O) groups is 1. The van der Waals surface area contributed by atoms with Crippen LogP contribution in [0.3, 0.4) is 0 Å². The predicted octanol–water partition coefficient (Wildman–Crippen LogP) is 7.55. The molecule has 0 aromatic heterocycles. The van der Waals surface area contributed by atoms with Crippen molar-refractivity contribution in [2.24, 2.45) is 16.7 Å². The second-order valence-corrected chi connectivity index (χ2v) is 10.8. The van der Waals surface area contributed by atoms with Gasteiger partial charge in [0.2, 0.25) is 0 Å². The van der Waals surface area contributed by atoms with E-state index in [9.17, 15) is 9.90 Å². The Balaban J connectivity index is 1.71. The summed E-state index contributed by atoms with van der Waals surface area (Å²) in [7, 11) is 0. The summed E-state index contributed by atoms with van der Waals surface area (Å²) in [5, 5.41) is 10.7. The molecule has 3 atom stereocenters. The summed E-state index contributed by atoms with van der Waals surface area (Å²) in [5.74, 6) is 1.35. The van der Waals surface area contributed by atoms with E-state index in [2.05, 4.69) is 43.3 Å². The maximum atomic E-state index is 13.1. The molecule has 0 heterocycles. The van der Waals surface area contributed by atoms with E-state index in [1.807, 2.05) is 30.3 Å². The quantitative estimate of drug-likeness (QED) is 0.245. The van der Waals surface area contributed by atoms with Gasteiger partial charge < -0.3 is 9.84 Å². The summed E-state index contributed by atoms with van der Waals surface area (Å²) >= 11 is 3.42. The molecule has 168 valence electrons. The number of ketones is 1. The second-order valence-electron chi connectivity index (χ2n) is 9.92. The van der Waals surface area contributed by atoms with Crippen molar-refractivity contribution in [3.63, 3.8) is 0 Å². The first-order valence-electron chi connectivity index (χ1n) is 11.3. The lowest BCUT2D eigenvalue weighted by Gasteiger charge is -2.40. The summed E-state index contributed by atoms with van der Waals surface area (Å²) in [4.78, 5) is 13.1. The van der Waals surface area contributed by atoms with E-state index in [1.165, 1.54) is 18.9 Å². The molecule has 0 radical (unpaired) electrons. The number of allylic oxidation sites excluding steroid dienone is 1. The van der Waals surface area contributed by atoms with Crippen LogP contribution >= 0.6 is 15.9 Å². The van der Waals surface area contributed by atoms with Crippen molar-refractivity contribution >= 4 is 27.8 Å². The van der Waals surface area contributed by atoms with Gasteiger partial charge in [-0.05, 0) is 77.3 Å². The molecular formula is C28H31BrO3. The van der Waals surface area contributed by atoms with Crippen LogP contribution in [0.1, 0.15) is 67.4 Å². The molecular weight excluding hydrogens is 464 g/mol. The predicted molar refractivity (Wildman–Crippen MR) is 133 cm³/mol. The van der Waals surface area contributed by atoms with E-state index in [0.29, 0.717) is 29.8 Å². The highest BCUT2D eigenvalue weighted by Gasteiger charge is 2.61. The Bertz CT molecular complexity index is 1070. The third kappa shape index (κ3) is 3.83. The monoisotopic (exact) mass is 494 g/mol. The molecule has 0 spiro atoms. The molecule has 0 saturated heterocycles. The minimum atomic E-state index is -0.213. The smallest absolute Gasteiger partial charge is 0.189 e. The Morgan fingerprint density at radius 2 is 1.97 bits per heavy atom. The first-order chi connectivity index (χ1) is 15.2. The van der Waals surface area contributed by atoms with Crippen LogP contribution in [0.15, 0.2) is 59.6 Å². The van der Waals surface area contributed by atoms with Gasteiger partial charge in [0.15, 0.2) is 5.78 Å². The first-order valence-corrected chi connectivity index (χ1v) is 12.1. The maximum Gasteiger partial charge on any atom is 0.189 e. The summed E-state index contributed by atoms with van der Waals surface area (Å²) in [6.45, 7) is 11.2. The van der Waals surface area contributed by atoms with Gasteiger partial charge in [-0.1, -0.05) is 67.6 Å². The fourth-order valence-electron chi connectivity index (χ4n) is 5.84. The molecule has 2 aliphatic rings. The van der Waals surface area contributed by atoms with Crippen LogP contribution < -0.4 is 4.74 Å². The Hall–Kier alpha value is -2.33. The molecule has 3 nitrogen and oxygen atoms in total. The lowest BCUT2D eigenvalue weighted by atomic mass is 9.65. The summed E-state index contributed by atoms with van der Waals surface area (Å²) in [6.07, 6.45) is 8.51. The van der Waals surface area contributed by atoms with E-state index in [0.717, 1.165) is 22.0 Å². The summed E-state index contributed by atoms with van der Waals surface area (Å²) in [6, 6.07) is 11.2. The zero-order valence-corrected chi connectivity index (χ0v) is 20.6. The van der Waals surface area contributed by atoms with Crippen LogP contribution in [0.5, 0.6) is 11.5 Å². The van der Waals surface area contributed by atoms with Crippen molar-refractivity contribution in [2.45, 2.75) is 46.0 Å². The SMILES string of the molecule is C=CCOc1cc(O)c(C(=O)/C=C/c2ccc(Br)cc2)cc1C1CC2CCC1(C)C2(C)C. The first kappa shape index (κ1) is 22.8. The lowest BCUT2D eigenvalue weighted by molar-refractivity contribution is 0.104. The van der Waals surface area contributed by atoms with Crippen LogP contribution in [0.4, 0.5) is 0 Å². The largest absolute Gasteiger partial charge is 0.507 e. The zero-order valence-electron chi connectivity index (χ0n) is 19.0. The maximum absolute atomic E-state index is 13.1. The van der Waals surface area contributed by atoms with Gasteiger partial charge in [-0.3, -0.25) is 4.79 Å². The fraction of sp³-hybridized carbons (Fsp3) is 0.393. The lowest BCUT2D eigenvalue weighted by Crippen LogP contribution is -2.31. The van der Waals surface area contributed by atoms with Crippen molar-refractivity contribution in [1.29, 1.82) is 0 Å². The molecule has 32 heavy (non-hydrogen) atoms. The van der Waals surface area contributed by atoms with Crippen molar-refractivity contribution in [3.05, 3.63) is 76.3 Å². The Labute approximate surface area is 199 Å². The van der Waals surface area contributed by atoms with E-state index in [4.69, 9.17) is 4.74 Å². The van der Waals surface area contributed by atoms with Gasteiger partial charge in [-0.2, -0.15) is 0 Å². The number of fused-ring (bicyclic) bond motifs is 2. The van der Waals surface area contributed by atoms with Gasteiger partial charge >= 0.3 is 0 Å². The van der Waals surface area contributed by atoms with Crippen molar-refractivity contribution in [1.82, 2.24) is 0 Å². The molecule has 2 aromatic rings. The Morgan fingerprint density at radius 1 is 1.25 bits per heavy atom. The molecule has 2 saturated carbocycles. The number of hydrogen-bond acceptors (Lipinski definition) is 3. The fourth-order valence-corrected chi connectivity index (χ4v) is 6.10. The van der Waals surface area contributed by atoms with E-state index >= 15 is 0 Å². The number of phenols is 1. The molecule has 2 bridgehead atoms. The van der Waals surface area contributed by atoms with Gasteiger partial charge in [-0.25, -0.2) is 0 Å². The van der Waals surface area contributed by atoms with Gasteiger partial charge in [0, 0.05) is 10.5 Å². The highest BCUT2D eigenvalue weighted by atomic mass is 79.9. The zero-order chi connectivity index (χ0) is 23.1. The number of ether oxygens (including phenoxy) is 1. The average molecular weight is 495 g/mol. The van der Waals surface area contributed by atoms with Gasteiger partial charge in [0.1, 0.15) is 18.1 Å². The highest BCUT2D eigenvalue weighted by Crippen LogP contribution is 2.71. The normalized spacial score (nSPS) is 25.9. The minimum Gasteiger partial charge on any atom is -0.507 e. The van der Waals surface area contributed by atoms with Gasteiger partial charge in [-0.15, -0.1) is 0 Å². The Morgan fingerprint density at radius 3 is 2.56 bits per heavy atom.